The van der Waals surface area contributed by atoms with Crippen LogP contribution in [0.4, 0.5) is 10.1 Å². The topological polar surface area (TPSA) is 45.0 Å². The van der Waals surface area contributed by atoms with E-state index in [1.807, 2.05) is 27.7 Å². The lowest BCUT2D eigenvalue weighted by Crippen LogP contribution is -2.51. The van der Waals surface area contributed by atoms with Gasteiger partial charge in [-0.3, -0.25) is 0 Å². The van der Waals surface area contributed by atoms with Crippen molar-refractivity contribution in [1.82, 2.24) is 0 Å². The highest BCUT2D eigenvalue weighted by atomic mass is 19.1. The minimum absolute atomic E-state index is 0.325. The van der Waals surface area contributed by atoms with Crippen molar-refractivity contribution in [2.24, 2.45) is 0 Å². The van der Waals surface area contributed by atoms with Gasteiger partial charge in [-0.2, -0.15) is 5.26 Å². The zero-order valence-corrected chi connectivity index (χ0v) is 11.7. The summed E-state index contributed by atoms with van der Waals surface area (Å²) in [6.45, 7) is 7.69. The smallest absolute Gasteiger partial charge is 0.156 e. The summed E-state index contributed by atoms with van der Waals surface area (Å²) in [6, 6.07) is 8.48. The SMILES string of the molecule is CC1(C)CC(C#N)(Nc2cccc(F)c2)C(C)(C)O1. The summed E-state index contributed by atoms with van der Waals surface area (Å²) in [4.78, 5) is 0. The maximum Gasteiger partial charge on any atom is 0.156 e. The first-order chi connectivity index (χ1) is 8.70. The molecule has 0 spiro atoms. The molecule has 1 saturated heterocycles. The number of nitriles is 1. The molecule has 0 amide bonds. The molecule has 1 atom stereocenters. The Labute approximate surface area is 113 Å². The van der Waals surface area contributed by atoms with E-state index in [4.69, 9.17) is 4.74 Å². The van der Waals surface area contributed by atoms with Gasteiger partial charge in [0.15, 0.2) is 5.54 Å². The molecule has 102 valence electrons. The molecule has 0 aliphatic carbocycles. The van der Waals surface area contributed by atoms with Crippen LogP contribution < -0.4 is 5.32 Å². The highest BCUT2D eigenvalue weighted by Gasteiger charge is 2.58. The van der Waals surface area contributed by atoms with Gasteiger partial charge >= 0.3 is 0 Å². The summed E-state index contributed by atoms with van der Waals surface area (Å²) < 4.78 is 19.2. The third-order valence-electron chi connectivity index (χ3n) is 3.62. The minimum atomic E-state index is -0.871. The normalized spacial score (nSPS) is 27.8. The summed E-state index contributed by atoms with van der Waals surface area (Å²) in [5.41, 5.74) is -1.32. The average molecular weight is 262 g/mol. The van der Waals surface area contributed by atoms with Crippen molar-refractivity contribution in [2.45, 2.75) is 50.9 Å². The summed E-state index contributed by atoms with van der Waals surface area (Å²) in [6.07, 6.45) is 0.542. The molecule has 1 N–H and O–H groups in total. The zero-order valence-electron chi connectivity index (χ0n) is 11.7. The minimum Gasteiger partial charge on any atom is -0.366 e. The second-order valence-corrected chi connectivity index (χ2v) is 6.20. The van der Waals surface area contributed by atoms with Crippen LogP contribution in [0.15, 0.2) is 24.3 Å². The summed E-state index contributed by atoms with van der Waals surface area (Å²) in [5, 5.41) is 12.8. The third-order valence-corrected chi connectivity index (χ3v) is 3.62. The summed E-state index contributed by atoms with van der Waals surface area (Å²) in [7, 11) is 0. The molecule has 1 aliphatic heterocycles. The van der Waals surface area contributed by atoms with Gasteiger partial charge in [-0.15, -0.1) is 0 Å². The highest BCUT2D eigenvalue weighted by Crippen LogP contribution is 2.46. The van der Waals surface area contributed by atoms with Crippen molar-refractivity contribution in [3.05, 3.63) is 30.1 Å². The van der Waals surface area contributed by atoms with E-state index in [-0.39, 0.29) is 11.4 Å². The maximum absolute atomic E-state index is 13.3. The number of anilines is 1. The Morgan fingerprint density at radius 3 is 2.47 bits per heavy atom. The van der Waals surface area contributed by atoms with Crippen molar-refractivity contribution < 1.29 is 9.13 Å². The Balaban J connectivity index is 2.37. The van der Waals surface area contributed by atoms with Gasteiger partial charge in [-0.25, -0.2) is 4.39 Å². The Morgan fingerprint density at radius 2 is 2.00 bits per heavy atom. The molecule has 0 aromatic heterocycles. The van der Waals surface area contributed by atoms with Crippen LogP contribution in [0, 0.1) is 17.1 Å². The third kappa shape index (κ3) is 2.43. The summed E-state index contributed by atoms with van der Waals surface area (Å²) >= 11 is 0. The number of hydrogen-bond donors (Lipinski definition) is 1. The Hall–Kier alpha value is -1.60. The van der Waals surface area contributed by atoms with Crippen molar-refractivity contribution in [2.75, 3.05) is 5.32 Å². The highest BCUT2D eigenvalue weighted by molar-refractivity contribution is 5.50. The Kier molecular flexibility index (Phi) is 3.06. The van der Waals surface area contributed by atoms with Gasteiger partial charge in [0.2, 0.25) is 0 Å². The number of benzene rings is 1. The standard InChI is InChI=1S/C15H19FN2O/c1-13(2)9-15(10-17,14(3,4)19-13)18-12-7-5-6-11(16)8-12/h5-8,18H,9H2,1-4H3. The molecular weight excluding hydrogens is 243 g/mol. The first kappa shape index (κ1) is 13.8. The van der Waals surface area contributed by atoms with E-state index in [1.54, 1.807) is 12.1 Å². The van der Waals surface area contributed by atoms with E-state index < -0.39 is 11.1 Å². The fraction of sp³-hybridized carbons (Fsp3) is 0.533. The average Bonchev–Trinajstić information content (AvgIpc) is 2.43. The second kappa shape index (κ2) is 4.21. The lowest BCUT2D eigenvalue weighted by atomic mass is 9.80. The molecule has 19 heavy (non-hydrogen) atoms. The van der Waals surface area contributed by atoms with E-state index in [9.17, 15) is 9.65 Å². The lowest BCUT2D eigenvalue weighted by Gasteiger charge is -2.35. The number of ether oxygens (including phenoxy) is 1. The van der Waals surface area contributed by atoms with Crippen molar-refractivity contribution in [3.63, 3.8) is 0 Å². The van der Waals surface area contributed by atoms with Crippen molar-refractivity contribution in [3.8, 4) is 6.07 Å². The molecule has 1 heterocycles. The van der Waals surface area contributed by atoms with Crippen molar-refractivity contribution >= 4 is 5.69 Å². The van der Waals surface area contributed by atoms with Crippen LogP contribution in [0.25, 0.3) is 0 Å². The van der Waals surface area contributed by atoms with Gasteiger partial charge in [-0.05, 0) is 45.9 Å². The molecule has 0 saturated carbocycles. The number of nitrogens with one attached hydrogen (secondary N) is 1. The maximum atomic E-state index is 13.3. The molecule has 0 radical (unpaired) electrons. The molecule has 1 unspecified atom stereocenters. The first-order valence-electron chi connectivity index (χ1n) is 6.35. The fourth-order valence-corrected chi connectivity index (χ4v) is 2.87. The zero-order chi connectivity index (χ0) is 14.3. The Morgan fingerprint density at radius 1 is 1.32 bits per heavy atom. The van der Waals surface area contributed by atoms with E-state index in [0.717, 1.165) is 0 Å². The molecule has 3 nitrogen and oxygen atoms in total. The van der Waals surface area contributed by atoms with Crippen LogP contribution in [0.5, 0.6) is 0 Å². The van der Waals surface area contributed by atoms with Gasteiger partial charge in [0.25, 0.3) is 0 Å². The molecule has 1 aromatic rings. The van der Waals surface area contributed by atoms with E-state index >= 15 is 0 Å². The lowest BCUT2D eigenvalue weighted by molar-refractivity contribution is -0.0713. The van der Waals surface area contributed by atoms with Crippen LogP contribution in [0.3, 0.4) is 0 Å². The molecule has 4 heteroatoms. The molecule has 1 aliphatic rings. The van der Waals surface area contributed by atoms with E-state index in [2.05, 4.69) is 11.4 Å². The molecular formula is C15H19FN2O. The fourth-order valence-electron chi connectivity index (χ4n) is 2.87. The van der Waals surface area contributed by atoms with E-state index in [1.165, 1.54) is 12.1 Å². The number of rotatable bonds is 2. The monoisotopic (exact) mass is 262 g/mol. The van der Waals surface area contributed by atoms with Gasteiger partial charge < -0.3 is 10.1 Å². The van der Waals surface area contributed by atoms with Crippen LogP contribution in [-0.4, -0.2) is 16.7 Å². The molecule has 0 bridgehead atoms. The van der Waals surface area contributed by atoms with Crippen LogP contribution in [0.1, 0.15) is 34.1 Å². The Bertz CT molecular complexity index is 533. The molecule has 2 rings (SSSR count). The summed E-state index contributed by atoms with van der Waals surface area (Å²) in [5.74, 6) is -0.325. The van der Waals surface area contributed by atoms with Crippen molar-refractivity contribution in [1.29, 1.82) is 5.26 Å². The van der Waals surface area contributed by atoms with Gasteiger partial charge in [0, 0.05) is 12.1 Å². The molecule has 1 fully saturated rings. The predicted molar refractivity (Wildman–Crippen MR) is 72.2 cm³/mol. The van der Waals surface area contributed by atoms with Gasteiger partial charge in [0.05, 0.1) is 17.3 Å². The quantitative estimate of drug-likeness (QED) is 0.887. The predicted octanol–water partition coefficient (Wildman–Crippen LogP) is 3.48. The van der Waals surface area contributed by atoms with Gasteiger partial charge in [-0.1, -0.05) is 6.07 Å². The first-order valence-corrected chi connectivity index (χ1v) is 6.35. The van der Waals surface area contributed by atoms with E-state index in [0.29, 0.717) is 12.1 Å². The number of halogens is 1. The number of hydrogen-bond acceptors (Lipinski definition) is 3. The largest absolute Gasteiger partial charge is 0.366 e. The number of nitrogens with zero attached hydrogens (tertiary/aromatic N) is 1. The van der Waals surface area contributed by atoms with Crippen LogP contribution in [-0.2, 0) is 4.74 Å². The second-order valence-electron chi connectivity index (χ2n) is 6.20. The van der Waals surface area contributed by atoms with Gasteiger partial charge in [0.1, 0.15) is 5.82 Å². The van der Waals surface area contributed by atoms with Crippen LogP contribution >= 0.6 is 0 Å². The van der Waals surface area contributed by atoms with Crippen LogP contribution in [0.2, 0.25) is 0 Å². The molecule has 1 aromatic carbocycles.